The van der Waals surface area contributed by atoms with Gasteiger partial charge in [0.2, 0.25) is 5.91 Å². The Labute approximate surface area is 138 Å². The fraction of sp³-hybridized carbons (Fsp3) is 0.0556. The minimum Gasteiger partial charge on any atom is -0.507 e. The molecule has 0 aliphatic heterocycles. The van der Waals surface area contributed by atoms with Crippen LogP contribution in [0.1, 0.15) is 18.3 Å². The van der Waals surface area contributed by atoms with Crippen molar-refractivity contribution in [2.24, 2.45) is 0 Å². The summed E-state index contributed by atoms with van der Waals surface area (Å²) in [6.45, 7) is 1.47. The third-order valence-electron chi connectivity index (χ3n) is 3.31. The van der Waals surface area contributed by atoms with E-state index in [0.717, 1.165) is 11.3 Å². The van der Waals surface area contributed by atoms with Crippen LogP contribution in [-0.2, 0) is 4.79 Å². The van der Waals surface area contributed by atoms with Crippen molar-refractivity contribution < 1.29 is 9.90 Å². The molecule has 0 atom stereocenters. The minimum atomic E-state index is -0.100. The number of carbonyl (C=O) groups excluding carboxylic acids is 1. The Kier molecular flexibility index (Phi) is 4.38. The summed E-state index contributed by atoms with van der Waals surface area (Å²) in [7, 11) is 0. The van der Waals surface area contributed by atoms with E-state index in [0.29, 0.717) is 17.2 Å². The number of phenols is 1. The quantitative estimate of drug-likeness (QED) is 0.688. The SMILES string of the molecule is CC(=O)Nc1ccc(/C=C/c2nc(-c3ccccc3O)n[nH]2)cc1. The van der Waals surface area contributed by atoms with Gasteiger partial charge in [-0.3, -0.25) is 9.89 Å². The summed E-state index contributed by atoms with van der Waals surface area (Å²) in [5, 5.41) is 19.5. The average molecular weight is 320 g/mol. The third kappa shape index (κ3) is 3.67. The summed E-state index contributed by atoms with van der Waals surface area (Å²) in [6, 6.07) is 14.4. The Bertz CT molecular complexity index is 882. The highest BCUT2D eigenvalue weighted by Gasteiger charge is 2.08. The number of para-hydroxylation sites is 1. The molecule has 0 bridgehead atoms. The van der Waals surface area contributed by atoms with Crippen molar-refractivity contribution in [1.82, 2.24) is 15.2 Å². The molecule has 120 valence electrons. The maximum Gasteiger partial charge on any atom is 0.221 e. The molecule has 1 aromatic heterocycles. The van der Waals surface area contributed by atoms with Crippen molar-refractivity contribution in [1.29, 1.82) is 0 Å². The Morgan fingerprint density at radius 1 is 1.12 bits per heavy atom. The summed E-state index contributed by atoms with van der Waals surface area (Å²) in [5.74, 6) is 1.06. The van der Waals surface area contributed by atoms with Crippen molar-refractivity contribution in [3.63, 3.8) is 0 Å². The van der Waals surface area contributed by atoms with Crippen LogP contribution in [0.4, 0.5) is 5.69 Å². The molecule has 0 radical (unpaired) electrons. The van der Waals surface area contributed by atoms with E-state index in [1.807, 2.05) is 36.4 Å². The number of hydrogen-bond donors (Lipinski definition) is 3. The molecule has 1 amide bonds. The maximum absolute atomic E-state index is 11.0. The molecular formula is C18H16N4O2. The zero-order valence-corrected chi connectivity index (χ0v) is 13.0. The fourth-order valence-corrected chi connectivity index (χ4v) is 2.19. The predicted octanol–water partition coefficient (Wildman–Crippen LogP) is 3.31. The van der Waals surface area contributed by atoms with Gasteiger partial charge in [-0.1, -0.05) is 30.3 Å². The highest BCUT2D eigenvalue weighted by Crippen LogP contribution is 2.25. The molecule has 0 fully saturated rings. The van der Waals surface area contributed by atoms with E-state index >= 15 is 0 Å². The average Bonchev–Trinajstić information content (AvgIpc) is 3.03. The van der Waals surface area contributed by atoms with Gasteiger partial charge in [0.25, 0.3) is 0 Å². The fourth-order valence-electron chi connectivity index (χ4n) is 2.19. The monoisotopic (exact) mass is 320 g/mol. The summed E-state index contributed by atoms with van der Waals surface area (Å²) < 4.78 is 0. The number of amides is 1. The van der Waals surface area contributed by atoms with Crippen LogP contribution >= 0.6 is 0 Å². The summed E-state index contributed by atoms with van der Waals surface area (Å²) in [6.07, 6.45) is 3.68. The Morgan fingerprint density at radius 2 is 1.88 bits per heavy atom. The topological polar surface area (TPSA) is 90.9 Å². The van der Waals surface area contributed by atoms with E-state index in [9.17, 15) is 9.90 Å². The molecule has 1 heterocycles. The number of aromatic hydroxyl groups is 1. The van der Waals surface area contributed by atoms with Crippen LogP contribution in [0.3, 0.4) is 0 Å². The number of carbonyl (C=O) groups is 1. The van der Waals surface area contributed by atoms with Gasteiger partial charge in [-0.2, -0.15) is 5.10 Å². The number of hydrogen-bond acceptors (Lipinski definition) is 4. The number of benzene rings is 2. The number of nitrogens with one attached hydrogen (secondary N) is 2. The number of aromatic amines is 1. The molecule has 0 unspecified atom stereocenters. The van der Waals surface area contributed by atoms with Crippen LogP contribution in [0.15, 0.2) is 48.5 Å². The minimum absolute atomic E-state index is 0.100. The number of rotatable bonds is 4. The summed E-state index contributed by atoms with van der Waals surface area (Å²) >= 11 is 0. The molecule has 0 saturated carbocycles. The van der Waals surface area contributed by atoms with Gasteiger partial charge in [-0.05, 0) is 35.9 Å². The zero-order chi connectivity index (χ0) is 16.9. The second-order valence-corrected chi connectivity index (χ2v) is 5.20. The number of H-pyrrole nitrogens is 1. The van der Waals surface area contributed by atoms with Crippen LogP contribution in [0.5, 0.6) is 5.75 Å². The Morgan fingerprint density at radius 3 is 2.58 bits per heavy atom. The zero-order valence-electron chi connectivity index (χ0n) is 13.0. The Balaban J connectivity index is 1.73. The number of aromatic nitrogens is 3. The molecule has 6 heteroatoms. The van der Waals surface area contributed by atoms with E-state index in [1.165, 1.54) is 6.92 Å². The molecule has 24 heavy (non-hydrogen) atoms. The first-order valence-electron chi connectivity index (χ1n) is 7.38. The third-order valence-corrected chi connectivity index (χ3v) is 3.31. The lowest BCUT2D eigenvalue weighted by atomic mass is 10.2. The molecule has 0 aliphatic carbocycles. The van der Waals surface area contributed by atoms with Crippen molar-refractivity contribution in [3.05, 3.63) is 59.9 Å². The van der Waals surface area contributed by atoms with E-state index in [2.05, 4.69) is 20.5 Å². The molecule has 0 aliphatic rings. The second-order valence-electron chi connectivity index (χ2n) is 5.20. The van der Waals surface area contributed by atoms with E-state index in [-0.39, 0.29) is 11.7 Å². The van der Waals surface area contributed by atoms with Crippen molar-refractivity contribution in [2.75, 3.05) is 5.32 Å². The molecule has 6 nitrogen and oxygen atoms in total. The number of nitrogens with zero attached hydrogens (tertiary/aromatic N) is 2. The highest BCUT2D eigenvalue weighted by atomic mass is 16.3. The maximum atomic E-state index is 11.0. The lowest BCUT2D eigenvalue weighted by Gasteiger charge is -2.01. The van der Waals surface area contributed by atoms with Gasteiger partial charge >= 0.3 is 0 Å². The van der Waals surface area contributed by atoms with Crippen molar-refractivity contribution in [3.8, 4) is 17.1 Å². The number of phenolic OH excluding ortho intramolecular Hbond substituents is 1. The molecule has 0 spiro atoms. The second kappa shape index (κ2) is 6.78. The van der Waals surface area contributed by atoms with Gasteiger partial charge in [-0.25, -0.2) is 4.98 Å². The largest absolute Gasteiger partial charge is 0.507 e. The molecule has 2 aromatic carbocycles. The molecular weight excluding hydrogens is 304 g/mol. The predicted molar refractivity (Wildman–Crippen MR) is 93.2 cm³/mol. The standard InChI is InChI=1S/C18H16N4O2/c1-12(23)19-14-9-6-13(7-10-14)8-11-17-20-18(22-21-17)15-4-2-3-5-16(15)24/h2-11,24H,1H3,(H,19,23)(H,20,21,22)/b11-8+. The molecule has 0 saturated heterocycles. The molecule has 3 N–H and O–H groups in total. The van der Waals surface area contributed by atoms with Crippen molar-refractivity contribution in [2.45, 2.75) is 6.92 Å². The van der Waals surface area contributed by atoms with E-state index in [4.69, 9.17) is 0 Å². The smallest absolute Gasteiger partial charge is 0.221 e. The van der Waals surface area contributed by atoms with Gasteiger partial charge < -0.3 is 10.4 Å². The van der Waals surface area contributed by atoms with Gasteiger partial charge in [-0.15, -0.1) is 0 Å². The van der Waals surface area contributed by atoms with E-state index < -0.39 is 0 Å². The highest BCUT2D eigenvalue weighted by molar-refractivity contribution is 5.88. The van der Waals surface area contributed by atoms with E-state index in [1.54, 1.807) is 24.3 Å². The van der Waals surface area contributed by atoms with Gasteiger partial charge in [0.15, 0.2) is 5.82 Å². The Hall–Kier alpha value is -3.41. The summed E-state index contributed by atoms with van der Waals surface area (Å²) in [4.78, 5) is 15.3. The van der Waals surface area contributed by atoms with Crippen LogP contribution < -0.4 is 5.32 Å². The molecule has 3 aromatic rings. The van der Waals surface area contributed by atoms with Gasteiger partial charge in [0.1, 0.15) is 11.6 Å². The normalized spacial score (nSPS) is 10.9. The first-order chi connectivity index (χ1) is 11.6. The first kappa shape index (κ1) is 15.5. The van der Waals surface area contributed by atoms with Gasteiger partial charge in [0, 0.05) is 12.6 Å². The van der Waals surface area contributed by atoms with Crippen LogP contribution in [0, 0.1) is 0 Å². The van der Waals surface area contributed by atoms with Gasteiger partial charge in [0.05, 0.1) is 5.56 Å². The van der Waals surface area contributed by atoms with Crippen LogP contribution in [0.2, 0.25) is 0 Å². The van der Waals surface area contributed by atoms with Crippen molar-refractivity contribution >= 4 is 23.7 Å². The number of anilines is 1. The van der Waals surface area contributed by atoms with Crippen LogP contribution in [-0.4, -0.2) is 26.2 Å². The first-order valence-corrected chi connectivity index (χ1v) is 7.38. The lowest BCUT2D eigenvalue weighted by Crippen LogP contribution is -2.05. The molecule has 3 rings (SSSR count). The lowest BCUT2D eigenvalue weighted by molar-refractivity contribution is -0.114. The van der Waals surface area contributed by atoms with Crippen LogP contribution in [0.25, 0.3) is 23.5 Å². The summed E-state index contributed by atoms with van der Waals surface area (Å²) in [5.41, 5.74) is 2.29.